The van der Waals surface area contributed by atoms with Crippen molar-refractivity contribution in [2.75, 3.05) is 0 Å². The van der Waals surface area contributed by atoms with Crippen molar-refractivity contribution >= 4 is 37.5 Å². The van der Waals surface area contributed by atoms with E-state index < -0.39 is 0 Å². The molecule has 118 valence electrons. The highest BCUT2D eigenvalue weighted by Gasteiger charge is 2.15. The fourth-order valence-corrected chi connectivity index (χ4v) is 3.69. The Hall–Kier alpha value is -2.31. The Morgan fingerprint density at radius 1 is 1.04 bits per heavy atom. The van der Waals surface area contributed by atoms with Gasteiger partial charge >= 0.3 is 0 Å². The molecule has 2 aromatic heterocycles. The van der Waals surface area contributed by atoms with Crippen molar-refractivity contribution in [2.45, 2.75) is 0 Å². The van der Waals surface area contributed by atoms with E-state index in [0.717, 1.165) is 25.8 Å². The van der Waals surface area contributed by atoms with Crippen LogP contribution in [0.25, 0.3) is 21.3 Å². The van der Waals surface area contributed by atoms with E-state index in [1.165, 1.54) is 29.8 Å². The molecule has 0 unspecified atom stereocenters. The minimum atomic E-state index is -0.264. The lowest BCUT2D eigenvalue weighted by Gasteiger charge is -2.08. The topological polar surface area (TPSA) is 35.0 Å². The standard InChI is InChI=1S/C18H10BrFN2OS/c19-12-2-1-3-14(8-12)23-17-16-15(9-24-18(16)22-10-21-17)11-4-6-13(20)7-5-11/h1-10H. The normalized spacial score (nSPS) is 10.9. The Labute approximate surface area is 149 Å². The van der Waals surface area contributed by atoms with Crippen LogP contribution >= 0.6 is 27.3 Å². The van der Waals surface area contributed by atoms with Crippen molar-refractivity contribution in [1.82, 2.24) is 9.97 Å². The number of nitrogens with zero attached hydrogens (tertiary/aromatic N) is 2. The van der Waals surface area contributed by atoms with Crippen molar-refractivity contribution < 1.29 is 9.13 Å². The Morgan fingerprint density at radius 2 is 1.88 bits per heavy atom. The van der Waals surface area contributed by atoms with Gasteiger partial charge in [0.05, 0.1) is 5.39 Å². The van der Waals surface area contributed by atoms with Crippen LogP contribution in [0.15, 0.2) is 64.7 Å². The zero-order chi connectivity index (χ0) is 16.5. The molecule has 2 heterocycles. The largest absolute Gasteiger partial charge is 0.438 e. The summed E-state index contributed by atoms with van der Waals surface area (Å²) in [7, 11) is 0. The van der Waals surface area contributed by atoms with Crippen LogP contribution in [0.4, 0.5) is 4.39 Å². The number of ether oxygens (including phenoxy) is 1. The van der Waals surface area contributed by atoms with Crippen LogP contribution < -0.4 is 4.74 Å². The molecule has 0 saturated heterocycles. The van der Waals surface area contributed by atoms with Crippen LogP contribution in [0, 0.1) is 5.82 Å². The van der Waals surface area contributed by atoms with Crippen LogP contribution in [0.1, 0.15) is 0 Å². The van der Waals surface area contributed by atoms with E-state index >= 15 is 0 Å². The molecule has 0 aliphatic rings. The molecule has 0 amide bonds. The second-order valence-corrected chi connectivity index (χ2v) is 6.85. The van der Waals surface area contributed by atoms with Gasteiger partial charge in [-0.25, -0.2) is 14.4 Å². The van der Waals surface area contributed by atoms with Crippen molar-refractivity contribution in [3.63, 3.8) is 0 Å². The number of hydrogen-bond donors (Lipinski definition) is 0. The molecule has 0 atom stereocenters. The summed E-state index contributed by atoms with van der Waals surface area (Å²) < 4.78 is 20.1. The maximum absolute atomic E-state index is 13.2. The second kappa shape index (κ2) is 6.30. The highest BCUT2D eigenvalue weighted by Crippen LogP contribution is 2.39. The van der Waals surface area contributed by atoms with Gasteiger partial charge in [-0.05, 0) is 35.9 Å². The first-order valence-electron chi connectivity index (χ1n) is 7.12. The number of benzene rings is 2. The molecule has 0 radical (unpaired) electrons. The van der Waals surface area contributed by atoms with Gasteiger partial charge in [-0.3, -0.25) is 0 Å². The lowest BCUT2D eigenvalue weighted by atomic mass is 10.1. The third-order valence-electron chi connectivity index (χ3n) is 3.50. The Morgan fingerprint density at radius 3 is 2.67 bits per heavy atom. The number of aromatic nitrogens is 2. The van der Waals surface area contributed by atoms with E-state index in [9.17, 15) is 4.39 Å². The monoisotopic (exact) mass is 400 g/mol. The Balaban J connectivity index is 1.84. The van der Waals surface area contributed by atoms with Crippen molar-refractivity contribution in [1.29, 1.82) is 0 Å². The predicted molar refractivity (Wildman–Crippen MR) is 97.0 cm³/mol. The molecular formula is C18H10BrFN2OS. The molecule has 0 aliphatic heterocycles. The van der Waals surface area contributed by atoms with Gasteiger partial charge in [0.1, 0.15) is 22.7 Å². The van der Waals surface area contributed by atoms with Gasteiger partial charge in [0.15, 0.2) is 0 Å². The quantitative estimate of drug-likeness (QED) is 0.419. The average Bonchev–Trinajstić information content (AvgIpc) is 3.01. The van der Waals surface area contributed by atoms with Crippen LogP contribution in [0.2, 0.25) is 0 Å². The predicted octanol–water partition coefficient (Wildman–Crippen LogP) is 6.05. The first-order chi connectivity index (χ1) is 11.7. The van der Waals surface area contributed by atoms with Crippen molar-refractivity contribution in [3.8, 4) is 22.8 Å². The summed E-state index contributed by atoms with van der Waals surface area (Å²) in [5.74, 6) is 0.902. The lowest BCUT2D eigenvalue weighted by molar-refractivity contribution is 0.468. The van der Waals surface area contributed by atoms with E-state index in [0.29, 0.717) is 11.6 Å². The molecule has 0 saturated carbocycles. The molecule has 0 spiro atoms. The molecular weight excluding hydrogens is 391 g/mol. The molecule has 0 N–H and O–H groups in total. The van der Waals surface area contributed by atoms with E-state index in [4.69, 9.17) is 4.74 Å². The van der Waals surface area contributed by atoms with E-state index in [1.807, 2.05) is 29.6 Å². The first kappa shape index (κ1) is 15.2. The number of halogens is 2. The van der Waals surface area contributed by atoms with E-state index in [-0.39, 0.29) is 5.82 Å². The van der Waals surface area contributed by atoms with Crippen molar-refractivity contribution in [3.05, 3.63) is 70.5 Å². The molecule has 0 bridgehead atoms. The van der Waals surface area contributed by atoms with Gasteiger partial charge in [0.25, 0.3) is 0 Å². The second-order valence-electron chi connectivity index (χ2n) is 5.07. The lowest BCUT2D eigenvalue weighted by Crippen LogP contribution is -1.90. The third kappa shape index (κ3) is 2.90. The summed E-state index contributed by atoms with van der Waals surface area (Å²) in [4.78, 5) is 9.43. The van der Waals surface area contributed by atoms with E-state index in [1.54, 1.807) is 12.1 Å². The zero-order valence-corrected chi connectivity index (χ0v) is 14.6. The molecule has 0 aliphatic carbocycles. The molecule has 6 heteroatoms. The van der Waals surface area contributed by atoms with Gasteiger partial charge < -0.3 is 4.74 Å². The fraction of sp³-hybridized carbons (Fsp3) is 0. The van der Waals surface area contributed by atoms with Gasteiger partial charge in [-0.15, -0.1) is 11.3 Å². The Kier molecular flexibility index (Phi) is 4.00. The van der Waals surface area contributed by atoms with Crippen molar-refractivity contribution in [2.24, 2.45) is 0 Å². The highest BCUT2D eigenvalue weighted by molar-refractivity contribution is 9.10. The maximum atomic E-state index is 13.2. The number of fused-ring (bicyclic) bond motifs is 1. The summed E-state index contributed by atoms with van der Waals surface area (Å²) in [6.45, 7) is 0. The smallest absolute Gasteiger partial charge is 0.231 e. The minimum Gasteiger partial charge on any atom is -0.438 e. The number of hydrogen-bond acceptors (Lipinski definition) is 4. The van der Waals surface area contributed by atoms with Gasteiger partial charge in [-0.2, -0.15) is 0 Å². The average molecular weight is 401 g/mol. The number of thiophene rings is 1. The van der Waals surface area contributed by atoms with Gasteiger partial charge in [0, 0.05) is 15.4 Å². The van der Waals surface area contributed by atoms with Crippen LogP contribution in [0.3, 0.4) is 0 Å². The molecule has 3 nitrogen and oxygen atoms in total. The SMILES string of the molecule is Fc1ccc(-c2csc3ncnc(Oc4cccc(Br)c4)c23)cc1. The number of rotatable bonds is 3. The summed E-state index contributed by atoms with van der Waals surface area (Å²) in [5, 5.41) is 2.81. The summed E-state index contributed by atoms with van der Waals surface area (Å²) >= 11 is 4.94. The third-order valence-corrected chi connectivity index (χ3v) is 4.88. The van der Waals surface area contributed by atoms with Crippen LogP contribution in [-0.4, -0.2) is 9.97 Å². The highest BCUT2D eigenvalue weighted by atomic mass is 79.9. The summed E-state index contributed by atoms with van der Waals surface area (Å²) in [6, 6.07) is 13.9. The summed E-state index contributed by atoms with van der Waals surface area (Å²) in [6.07, 6.45) is 1.49. The van der Waals surface area contributed by atoms with E-state index in [2.05, 4.69) is 25.9 Å². The molecule has 24 heavy (non-hydrogen) atoms. The first-order valence-corrected chi connectivity index (χ1v) is 8.79. The fourth-order valence-electron chi connectivity index (χ4n) is 2.41. The molecule has 4 aromatic rings. The Bertz CT molecular complexity index is 1020. The molecule has 4 rings (SSSR count). The van der Waals surface area contributed by atoms with Gasteiger partial charge in [0.2, 0.25) is 5.88 Å². The molecule has 0 fully saturated rings. The summed E-state index contributed by atoms with van der Waals surface area (Å²) in [5.41, 5.74) is 1.83. The zero-order valence-electron chi connectivity index (χ0n) is 12.2. The maximum Gasteiger partial charge on any atom is 0.231 e. The molecule has 2 aromatic carbocycles. The minimum absolute atomic E-state index is 0.264. The van der Waals surface area contributed by atoms with Crippen LogP contribution in [0.5, 0.6) is 11.6 Å². The van der Waals surface area contributed by atoms with Gasteiger partial charge in [-0.1, -0.05) is 34.1 Å². The van der Waals surface area contributed by atoms with Crippen LogP contribution in [-0.2, 0) is 0 Å².